The molecule has 126 valence electrons. The first kappa shape index (κ1) is 17.7. The third kappa shape index (κ3) is 4.00. The standard InChI is InChI=1S/C17H23NO4S/c1-12-6-8-14(9-7-12)23(20,21)18-11-13(2)10-15(18)16(19)22-17(3,4)5/h6-9,15H,2,10-11H2,1,3-5H3/t15-/m0/s1. The summed E-state index contributed by atoms with van der Waals surface area (Å²) in [6.07, 6.45) is 0.292. The number of sulfonamides is 1. The zero-order chi connectivity index (χ0) is 17.4. The smallest absolute Gasteiger partial charge is 0.325 e. The number of benzene rings is 1. The van der Waals surface area contributed by atoms with Gasteiger partial charge in [0, 0.05) is 6.54 Å². The Morgan fingerprint density at radius 2 is 1.83 bits per heavy atom. The van der Waals surface area contributed by atoms with Gasteiger partial charge in [-0.1, -0.05) is 29.8 Å². The van der Waals surface area contributed by atoms with E-state index < -0.39 is 27.6 Å². The molecule has 23 heavy (non-hydrogen) atoms. The zero-order valence-corrected chi connectivity index (χ0v) is 14.8. The van der Waals surface area contributed by atoms with Gasteiger partial charge in [0.25, 0.3) is 0 Å². The van der Waals surface area contributed by atoms with Crippen LogP contribution in [0.25, 0.3) is 0 Å². The minimum atomic E-state index is -3.77. The molecule has 0 aliphatic carbocycles. The van der Waals surface area contributed by atoms with Crippen LogP contribution in [0.2, 0.25) is 0 Å². The van der Waals surface area contributed by atoms with Crippen molar-refractivity contribution in [1.29, 1.82) is 0 Å². The summed E-state index contributed by atoms with van der Waals surface area (Å²) < 4.78 is 32.3. The molecule has 0 spiro atoms. The number of ether oxygens (including phenoxy) is 1. The lowest BCUT2D eigenvalue weighted by molar-refractivity contribution is -0.158. The maximum Gasteiger partial charge on any atom is 0.325 e. The van der Waals surface area contributed by atoms with Crippen LogP contribution in [0.1, 0.15) is 32.8 Å². The van der Waals surface area contributed by atoms with Gasteiger partial charge in [-0.25, -0.2) is 8.42 Å². The van der Waals surface area contributed by atoms with Gasteiger partial charge in [-0.2, -0.15) is 4.31 Å². The first-order valence-corrected chi connectivity index (χ1v) is 8.93. The van der Waals surface area contributed by atoms with E-state index in [9.17, 15) is 13.2 Å². The van der Waals surface area contributed by atoms with Crippen LogP contribution in [0.3, 0.4) is 0 Å². The van der Waals surface area contributed by atoms with E-state index in [4.69, 9.17) is 4.74 Å². The number of esters is 1. The van der Waals surface area contributed by atoms with Gasteiger partial charge in [0.15, 0.2) is 0 Å². The van der Waals surface area contributed by atoms with Gasteiger partial charge in [0.2, 0.25) is 10.0 Å². The van der Waals surface area contributed by atoms with E-state index in [0.717, 1.165) is 5.56 Å². The van der Waals surface area contributed by atoms with Crippen molar-refractivity contribution in [2.45, 2.75) is 50.7 Å². The van der Waals surface area contributed by atoms with E-state index in [0.29, 0.717) is 12.0 Å². The molecule has 1 aliphatic rings. The van der Waals surface area contributed by atoms with Crippen LogP contribution in [0.5, 0.6) is 0 Å². The number of carbonyl (C=O) groups excluding carboxylic acids is 1. The van der Waals surface area contributed by atoms with Crippen LogP contribution < -0.4 is 0 Å². The van der Waals surface area contributed by atoms with Gasteiger partial charge in [0.05, 0.1) is 4.90 Å². The highest BCUT2D eigenvalue weighted by molar-refractivity contribution is 7.89. The Hall–Kier alpha value is -1.66. The van der Waals surface area contributed by atoms with Crippen molar-refractivity contribution in [3.8, 4) is 0 Å². The third-order valence-electron chi connectivity index (χ3n) is 3.52. The van der Waals surface area contributed by atoms with Gasteiger partial charge >= 0.3 is 5.97 Å². The summed E-state index contributed by atoms with van der Waals surface area (Å²) in [5, 5.41) is 0. The highest BCUT2D eigenvalue weighted by Crippen LogP contribution is 2.30. The molecule has 1 aromatic rings. The lowest BCUT2D eigenvalue weighted by atomic mass is 10.1. The lowest BCUT2D eigenvalue weighted by Gasteiger charge is -2.26. The van der Waals surface area contributed by atoms with Gasteiger partial charge in [-0.05, 0) is 46.2 Å². The molecule has 5 nitrogen and oxygen atoms in total. The second-order valence-corrected chi connectivity index (χ2v) is 8.76. The first-order chi connectivity index (χ1) is 10.5. The van der Waals surface area contributed by atoms with Gasteiger partial charge in [-0.3, -0.25) is 4.79 Å². The van der Waals surface area contributed by atoms with Crippen LogP contribution in [0.4, 0.5) is 0 Å². The highest BCUT2D eigenvalue weighted by Gasteiger charge is 2.42. The number of hydrogen-bond acceptors (Lipinski definition) is 4. The molecule has 0 amide bonds. The fraction of sp³-hybridized carbons (Fsp3) is 0.471. The van der Waals surface area contributed by atoms with Crippen molar-refractivity contribution in [2.24, 2.45) is 0 Å². The van der Waals surface area contributed by atoms with E-state index in [1.165, 1.54) is 4.31 Å². The minimum Gasteiger partial charge on any atom is -0.459 e. The Bertz CT molecular complexity index is 714. The van der Waals surface area contributed by atoms with E-state index in [1.807, 2.05) is 6.92 Å². The Morgan fingerprint density at radius 1 is 1.26 bits per heavy atom. The van der Waals surface area contributed by atoms with Crippen molar-refractivity contribution in [3.63, 3.8) is 0 Å². The zero-order valence-electron chi connectivity index (χ0n) is 14.0. The van der Waals surface area contributed by atoms with Gasteiger partial charge in [-0.15, -0.1) is 0 Å². The molecule has 2 rings (SSSR count). The summed E-state index contributed by atoms with van der Waals surface area (Å²) >= 11 is 0. The van der Waals surface area contributed by atoms with Crippen molar-refractivity contribution < 1.29 is 17.9 Å². The second-order valence-electron chi connectivity index (χ2n) is 6.87. The fourth-order valence-corrected chi connectivity index (χ4v) is 4.04. The number of hydrogen-bond donors (Lipinski definition) is 0. The van der Waals surface area contributed by atoms with Crippen molar-refractivity contribution >= 4 is 16.0 Å². The Kier molecular flexibility index (Phi) is 4.69. The van der Waals surface area contributed by atoms with Crippen molar-refractivity contribution in [2.75, 3.05) is 6.54 Å². The summed E-state index contributed by atoms with van der Waals surface area (Å²) in [5.74, 6) is -0.535. The third-order valence-corrected chi connectivity index (χ3v) is 5.38. The normalized spacial score (nSPS) is 19.8. The van der Waals surface area contributed by atoms with Gasteiger partial charge < -0.3 is 4.74 Å². The van der Waals surface area contributed by atoms with E-state index in [-0.39, 0.29) is 11.4 Å². The van der Waals surface area contributed by atoms with Crippen LogP contribution in [-0.2, 0) is 19.6 Å². The Labute approximate surface area is 138 Å². The number of carbonyl (C=O) groups is 1. The molecule has 0 unspecified atom stereocenters. The monoisotopic (exact) mass is 337 g/mol. The summed E-state index contributed by atoms with van der Waals surface area (Å²) in [6.45, 7) is 11.1. The summed E-state index contributed by atoms with van der Waals surface area (Å²) in [4.78, 5) is 12.6. The molecular formula is C17H23NO4S. The van der Waals surface area contributed by atoms with Crippen molar-refractivity contribution in [3.05, 3.63) is 42.0 Å². The predicted molar refractivity (Wildman–Crippen MR) is 88.5 cm³/mol. The average Bonchev–Trinajstić information content (AvgIpc) is 2.80. The maximum absolute atomic E-state index is 12.8. The Morgan fingerprint density at radius 3 is 2.35 bits per heavy atom. The molecule has 1 aliphatic heterocycles. The molecule has 1 heterocycles. The molecule has 0 N–H and O–H groups in total. The predicted octanol–water partition coefficient (Wildman–Crippen LogP) is 2.66. The molecule has 0 radical (unpaired) electrons. The van der Waals surface area contributed by atoms with E-state index in [2.05, 4.69) is 6.58 Å². The molecule has 1 saturated heterocycles. The van der Waals surface area contributed by atoms with E-state index in [1.54, 1.807) is 45.0 Å². The summed E-state index contributed by atoms with van der Waals surface area (Å²) in [5.41, 5.74) is 1.01. The molecule has 0 aromatic heterocycles. The quantitative estimate of drug-likeness (QED) is 0.628. The largest absolute Gasteiger partial charge is 0.459 e. The van der Waals surface area contributed by atoms with Crippen LogP contribution in [-0.4, -0.2) is 36.9 Å². The van der Waals surface area contributed by atoms with Crippen LogP contribution in [0.15, 0.2) is 41.3 Å². The van der Waals surface area contributed by atoms with Gasteiger partial charge in [0.1, 0.15) is 11.6 Å². The molecule has 1 fully saturated rings. The maximum atomic E-state index is 12.8. The summed E-state index contributed by atoms with van der Waals surface area (Å²) in [6, 6.07) is 5.73. The SMILES string of the molecule is C=C1C[C@@H](C(=O)OC(C)(C)C)N(S(=O)(=O)c2ccc(C)cc2)C1. The number of nitrogens with zero attached hydrogens (tertiary/aromatic N) is 1. The molecule has 1 atom stereocenters. The number of rotatable bonds is 3. The lowest BCUT2D eigenvalue weighted by Crippen LogP contribution is -2.43. The van der Waals surface area contributed by atoms with Crippen LogP contribution >= 0.6 is 0 Å². The fourth-order valence-electron chi connectivity index (χ4n) is 2.44. The minimum absolute atomic E-state index is 0.139. The topological polar surface area (TPSA) is 63.7 Å². The highest BCUT2D eigenvalue weighted by atomic mass is 32.2. The molecule has 1 aromatic carbocycles. The second kappa shape index (κ2) is 6.09. The summed E-state index contributed by atoms with van der Waals surface area (Å²) in [7, 11) is -3.77. The van der Waals surface area contributed by atoms with Crippen molar-refractivity contribution in [1.82, 2.24) is 4.31 Å². The van der Waals surface area contributed by atoms with Crippen LogP contribution in [0, 0.1) is 6.92 Å². The Balaban J connectivity index is 2.33. The molecule has 0 bridgehead atoms. The number of aryl methyl sites for hydroxylation is 1. The molecular weight excluding hydrogens is 314 g/mol. The first-order valence-electron chi connectivity index (χ1n) is 7.49. The van der Waals surface area contributed by atoms with E-state index >= 15 is 0 Å². The molecule has 6 heteroatoms. The molecule has 0 saturated carbocycles. The average molecular weight is 337 g/mol.